The van der Waals surface area contributed by atoms with E-state index in [1.54, 1.807) is 4.90 Å². The van der Waals surface area contributed by atoms with E-state index in [2.05, 4.69) is 48.1 Å². The number of amides is 1. The van der Waals surface area contributed by atoms with Crippen molar-refractivity contribution in [2.45, 2.75) is 50.6 Å². The zero-order valence-electron chi connectivity index (χ0n) is 20.1. The van der Waals surface area contributed by atoms with Crippen molar-refractivity contribution < 1.29 is 9.53 Å². The number of rotatable bonds is 8. The Labute approximate surface area is 213 Å². The van der Waals surface area contributed by atoms with Gasteiger partial charge in [0.1, 0.15) is 12.4 Å². The lowest BCUT2D eigenvalue weighted by atomic mass is 9.87. The second-order valence-corrected chi connectivity index (χ2v) is 10.7. The summed E-state index contributed by atoms with van der Waals surface area (Å²) in [5.74, 6) is 7.93. The lowest BCUT2D eigenvalue weighted by Crippen LogP contribution is -2.22. The number of nitrogens with two attached hydrogens (primary N) is 1. The van der Waals surface area contributed by atoms with Gasteiger partial charge in [0.05, 0.1) is 11.4 Å². The van der Waals surface area contributed by atoms with Crippen LogP contribution in [0.25, 0.3) is 0 Å². The molecule has 2 aromatic heterocycles. The number of aromatic nitrogens is 4. The van der Waals surface area contributed by atoms with Crippen LogP contribution < -0.4 is 15.5 Å². The molecule has 4 rings (SSSR count). The number of anilines is 2. The van der Waals surface area contributed by atoms with E-state index in [1.165, 1.54) is 40.3 Å². The summed E-state index contributed by atoms with van der Waals surface area (Å²) in [6, 6.07) is 17.5. The maximum absolute atomic E-state index is 12.2. The number of thiazole rings is 1. The fourth-order valence-corrected chi connectivity index (χ4v) is 5.07. The predicted molar refractivity (Wildman–Crippen MR) is 141 cm³/mol. The summed E-state index contributed by atoms with van der Waals surface area (Å²) >= 11 is 2.85. The lowest BCUT2D eigenvalue weighted by Gasteiger charge is -2.19. The van der Waals surface area contributed by atoms with Crippen LogP contribution >= 0.6 is 23.1 Å². The number of ether oxygens (including phenoxy) is 1. The summed E-state index contributed by atoms with van der Waals surface area (Å²) in [6.45, 7) is 8.27. The molecule has 0 aliphatic rings. The number of thioether (sulfide) groups is 1. The van der Waals surface area contributed by atoms with Crippen LogP contribution in [-0.2, 0) is 22.6 Å². The van der Waals surface area contributed by atoms with Crippen LogP contribution in [0.1, 0.15) is 44.8 Å². The summed E-state index contributed by atoms with van der Waals surface area (Å²) < 4.78 is 7.29. The monoisotopic (exact) mass is 508 g/mol. The smallest absolute Gasteiger partial charge is 0.230 e. The number of carbonyl (C=O) groups is 1. The molecule has 10 heteroatoms. The van der Waals surface area contributed by atoms with E-state index < -0.39 is 0 Å². The Morgan fingerprint density at radius 2 is 1.83 bits per heavy atom. The molecule has 2 N–H and O–H groups in total. The summed E-state index contributed by atoms with van der Waals surface area (Å²) in [6.07, 6.45) is 0. The molecule has 0 aliphatic carbocycles. The van der Waals surface area contributed by atoms with Crippen LogP contribution in [-0.4, -0.2) is 25.8 Å². The molecule has 4 aromatic rings. The first-order valence-electron chi connectivity index (χ1n) is 11.1. The normalized spacial score (nSPS) is 11.4. The van der Waals surface area contributed by atoms with Crippen molar-refractivity contribution in [3.63, 3.8) is 0 Å². The van der Waals surface area contributed by atoms with E-state index in [9.17, 15) is 4.79 Å². The fraction of sp³-hybridized carbons (Fsp3) is 0.280. The number of carbonyl (C=O) groups excluding carboxylic acids is 1. The Balaban J connectivity index is 1.36. The van der Waals surface area contributed by atoms with Gasteiger partial charge in [-0.3, -0.25) is 9.69 Å². The molecule has 2 heterocycles. The Morgan fingerprint density at radius 1 is 1.11 bits per heavy atom. The zero-order valence-corrected chi connectivity index (χ0v) is 21.8. The molecule has 0 fully saturated rings. The average Bonchev–Trinajstić information content (AvgIpc) is 3.43. The molecule has 1 amide bonds. The van der Waals surface area contributed by atoms with E-state index in [1.807, 2.05) is 47.8 Å². The van der Waals surface area contributed by atoms with Gasteiger partial charge in [-0.1, -0.05) is 62.9 Å². The van der Waals surface area contributed by atoms with Crippen molar-refractivity contribution in [3.05, 3.63) is 77.1 Å². The molecule has 0 bridgehead atoms. The van der Waals surface area contributed by atoms with Gasteiger partial charge < -0.3 is 10.6 Å². The Morgan fingerprint density at radius 3 is 2.49 bits per heavy atom. The molecule has 0 unspecified atom stereocenters. The van der Waals surface area contributed by atoms with Crippen LogP contribution in [0.2, 0.25) is 0 Å². The van der Waals surface area contributed by atoms with Gasteiger partial charge in [-0.2, -0.15) is 0 Å². The minimum Gasteiger partial charge on any atom is -0.486 e. The van der Waals surface area contributed by atoms with Gasteiger partial charge in [0.25, 0.3) is 0 Å². The maximum atomic E-state index is 12.2. The molecule has 2 aromatic carbocycles. The quantitative estimate of drug-likeness (QED) is 0.255. The van der Waals surface area contributed by atoms with E-state index in [0.29, 0.717) is 21.9 Å². The standard InChI is InChI=1S/C25H28N6O2S2/c1-17(32)30(20-8-6-5-7-9-20)23-27-19(15-34-23)16-35-24-29-28-22(31(24)26)14-33-21-12-10-18(11-13-21)25(2,3)4/h5-13,15H,14,16,26H2,1-4H3. The molecule has 8 nitrogen and oxygen atoms in total. The number of hydrogen-bond acceptors (Lipinski definition) is 8. The SMILES string of the molecule is CC(=O)N(c1ccccc1)c1nc(CSc2nnc(COc3ccc(C(C)(C)C)cc3)n2N)cs1. The van der Waals surface area contributed by atoms with Crippen LogP contribution in [0.15, 0.2) is 65.1 Å². The molecule has 0 spiro atoms. The molecule has 35 heavy (non-hydrogen) atoms. The van der Waals surface area contributed by atoms with E-state index in [-0.39, 0.29) is 17.9 Å². The number of hydrogen-bond donors (Lipinski definition) is 1. The molecule has 0 saturated heterocycles. The number of para-hydroxylation sites is 1. The van der Waals surface area contributed by atoms with Crippen molar-refractivity contribution >= 4 is 39.8 Å². The molecular weight excluding hydrogens is 480 g/mol. The average molecular weight is 509 g/mol. The van der Waals surface area contributed by atoms with E-state index in [4.69, 9.17) is 10.6 Å². The minimum atomic E-state index is -0.0934. The number of benzene rings is 2. The van der Waals surface area contributed by atoms with Crippen LogP contribution in [0.3, 0.4) is 0 Å². The molecule has 0 radical (unpaired) electrons. The summed E-state index contributed by atoms with van der Waals surface area (Å²) in [5, 5.41) is 11.5. The van der Waals surface area contributed by atoms with Gasteiger partial charge in [0.15, 0.2) is 11.0 Å². The van der Waals surface area contributed by atoms with E-state index in [0.717, 1.165) is 17.1 Å². The highest BCUT2D eigenvalue weighted by atomic mass is 32.2. The van der Waals surface area contributed by atoms with Crippen LogP contribution in [0, 0.1) is 0 Å². The van der Waals surface area contributed by atoms with Crippen molar-refractivity contribution in [1.82, 2.24) is 19.9 Å². The second-order valence-electron chi connectivity index (χ2n) is 8.93. The zero-order chi connectivity index (χ0) is 25.0. The fourth-order valence-electron chi connectivity index (χ4n) is 3.31. The van der Waals surface area contributed by atoms with Crippen LogP contribution in [0.5, 0.6) is 5.75 Å². The molecule has 182 valence electrons. The van der Waals surface area contributed by atoms with Crippen molar-refractivity contribution in [3.8, 4) is 5.75 Å². The number of nitrogens with zero attached hydrogens (tertiary/aromatic N) is 5. The van der Waals surface area contributed by atoms with Crippen LogP contribution in [0.4, 0.5) is 10.8 Å². The highest BCUT2D eigenvalue weighted by molar-refractivity contribution is 7.98. The Bertz CT molecular complexity index is 1280. The lowest BCUT2D eigenvalue weighted by molar-refractivity contribution is -0.115. The third-order valence-corrected chi connectivity index (χ3v) is 7.08. The van der Waals surface area contributed by atoms with Gasteiger partial charge in [-0.15, -0.1) is 21.5 Å². The minimum absolute atomic E-state index is 0.0893. The largest absolute Gasteiger partial charge is 0.486 e. The number of nitrogen functional groups attached to an aromatic ring is 1. The van der Waals surface area contributed by atoms with Gasteiger partial charge in [-0.05, 0) is 35.2 Å². The molecule has 0 saturated carbocycles. The Kier molecular flexibility index (Phi) is 7.42. The first-order chi connectivity index (χ1) is 16.7. The van der Waals surface area contributed by atoms with E-state index >= 15 is 0 Å². The summed E-state index contributed by atoms with van der Waals surface area (Å²) in [7, 11) is 0. The maximum Gasteiger partial charge on any atom is 0.230 e. The summed E-state index contributed by atoms with van der Waals surface area (Å²) in [4.78, 5) is 18.5. The highest BCUT2D eigenvalue weighted by Crippen LogP contribution is 2.31. The van der Waals surface area contributed by atoms with Gasteiger partial charge in [0.2, 0.25) is 11.1 Å². The summed E-state index contributed by atoms with van der Waals surface area (Å²) in [5.41, 5.74) is 2.95. The molecular formula is C25H28N6O2S2. The van der Waals surface area contributed by atoms with Crippen molar-refractivity contribution in [2.24, 2.45) is 0 Å². The second kappa shape index (κ2) is 10.5. The molecule has 0 aliphatic heterocycles. The topological polar surface area (TPSA) is 99.2 Å². The van der Waals surface area contributed by atoms with Gasteiger partial charge in [-0.25, -0.2) is 9.66 Å². The van der Waals surface area contributed by atoms with Crippen molar-refractivity contribution in [2.75, 3.05) is 10.7 Å². The van der Waals surface area contributed by atoms with Gasteiger partial charge in [0, 0.05) is 18.1 Å². The first kappa shape index (κ1) is 24.7. The van der Waals surface area contributed by atoms with Crippen molar-refractivity contribution in [1.29, 1.82) is 0 Å². The van der Waals surface area contributed by atoms with Gasteiger partial charge >= 0.3 is 0 Å². The first-order valence-corrected chi connectivity index (χ1v) is 12.9. The predicted octanol–water partition coefficient (Wildman–Crippen LogP) is 5.30. The Hall–Kier alpha value is -3.37. The third kappa shape index (κ3) is 6.01. The highest BCUT2D eigenvalue weighted by Gasteiger charge is 2.19. The third-order valence-electron chi connectivity index (χ3n) is 5.23. The molecule has 0 atom stereocenters.